The van der Waals surface area contributed by atoms with Crippen molar-refractivity contribution in [2.45, 2.75) is 79.1 Å². The maximum absolute atomic E-state index is 12.9. The fraction of sp³-hybridized carbons (Fsp3) is 0.500. The fourth-order valence-corrected chi connectivity index (χ4v) is 5.97. The highest BCUT2D eigenvalue weighted by Crippen LogP contribution is 2.42. The molecule has 0 aliphatic carbocycles. The highest BCUT2D eigenvalue weighted by atomic mass is 32.1. The van der Waals surface area contributed by atoms with Crippen molar-refractivity contribution in [1.82, 2.24) is 4.37 Å². The van der Waals surface area contributed by atoms with Gasteiger partial charge >= 0.3 is 18.2 Å². The molecule has 0 aliphatic heterocycles. The van der Waals surface area contributed by atoms with E-state index in [1.165, 1.54) is 22.9 Å². The van der Waals surface area contributed by atoms with E-state index < -0.39 is 29.4 Å². The minimum atomic E-state index is -0.823. The van der Waals surface area contributed by atoms with E-state index in [4.69, 9.17) is 15.6 Å². The largest absolute Gasteiger partial charge is 0.481 e. The highest BCUT2D eigenvalue weighted by Gasteiger charge is 2.28. The van der Waals surface area contributed by atoms with Crippen LogP contribution in [-0.4, -0.2) is 38.8 Å². The smallest absolute Gasteiger partial charge is 0.415 e. The predicted octanol–water partition coefficient (Wildman–Crippen LogP) is 6.57. The maximum atomic E-state index is 12.9. The van der Waals surface area contributed by atoms with Crippen LogP contribution >= 0.6 is 34.2 Å². The third-order valence-corrected chi connectivity index (χ3v) is 7.57. The van der Waals surface area contributed by atoms with Crippen LogP contribution in [-0.2, 0) is 27.2 Å². The van der Waals surface area contributed by atoms with E-state index in [1.807, 2.05) is 45.2 Å². The van der Waals surface area contributed by atoms with Gasteiger partial charge in [-0.3, -0.25) is 9.69 Å². The normalized spacial score (nSPS) is 11.5. The molecular formula is C24H33N3O6S3. The van der Waals surface area contributed by atoms with Crippen LogP contribution in [0.2, 0.25) is 0 Å². The number of carbonyl (C=O) groups excluding carboxylic acids is 2. The van der Waals surface area contributed by atoms with E-state index >= 15 is 0 Å². The summed E-state index contributed by atoms with van der Waals surface area (Å²) in [6, 6.07) is 3.94. The number of primary amides is 1. The molecule has 0 radical (unpaired) electrons. The van der Waals surface area contributed by atoms with Gasteiger partial charge in [0.2, 0.25) is 0 Å². The molecule has 198 valence electrons. The van der Waals surface area contributed by atoms with Crippen LogP contribution in [0.25, 0.3) is 10.2 Å². The molecule has 9 nitrogen and oxygen atoms in total. The number of thiophene rings is 2. The van der Waals surface area contributed by atoms with E-state index in [2.05, 4.69) is 9.11 Å². The van der Waals surface area contributed by atoms with E-state index in [-0.39, 0.29) is 6.42 Å². The van der Waals surface area contributed by atoms with Gasteiger partial charge in [-0.15, -0.1) is 22.7 Å². The Hall–Kier alpha value is -2.70. The Morgan fingerprint density at radius 1 is 1.11 bits per heavy atom. The first kappa shape index (κ1) is 29.5. The summed E-state index contributed by atoms with van der Waals surface area (Å²) >= 11 is 4.37. The molecular weight excluding hydrogens is 522 g/mol. The average molecular weight is 556 g/mol. The number of nitrogens with zero attached hydrogens (tertiary/aromatic N) is 2. The molecule has 0 bridgehead atoms. The van der Waals surface area contributed by atoms with Crippen molar-refractivity contribution in [3.05, 3.63) is 32.8 Å². The number of amides is 2. The molecule has 12 heteroatoms. The van der Waals surface area contributed by atoms with Crippen LogP contribution in [0.3, 0.4) is 0 Å². The molecule has 0 unspecified atom stereocenters. The third kappa shape index (κ3) is 9.07. The predicted molar refractivity (Wildman–Crippen MR) is 145 cm³/mol. The molecule has 0 fully saturated rings. The summed E-state index contributed by atoms with van der Waals surface area (Å²) in [5, 5.41) is 11.7. The molecule has 0 aromatic carbocycles. The van der Waals surface area contributed by atoms with Crippen LogP contribution in [0.15, 0.2) is 17.5 Å². The molecule has 3 N–H and O–H groups in total. The summed E-state index contributed by atoms with van der Waals surface area (Å²) in [7, 11) is 0. The summed E-state index contributed by atoms with van der Waals surface area (Å²) < 4.78 is 15.7. The molecule has 3 rings (SSSR count). The van der Waals surface area contributed by atoms with Gasteiger partial charge in [-0.2, -0.15) is 4.37 Å². The Morgan fingerprint density at radius 2 is 1.75 bits per heavy atom. The minimum absolute atomic E-state index is 0.0771. The number of hydrogen-bond acceptors (Lipinski definition) is 9. The zero-order valence-electron chi connectivity index (χ0n) is 21.5. The van der Waals surface area contributed by atoms with Gasteiger partial charge < -0.3 is 20.3 Å². The minimum Gasteiger partial charge on any atom is -0.481 e. The average Bonchev–Trinajstić information content (AvgIpc) is 3.41. The number of anilines is 1. The summed E-state index contributed by atoms with van der Waals surface area (Å²) in [5.41, 5.74) is 5.49. The molecule has 0 atom stereocenters. The number of hydrogen-bond donors (Lipinski definition) is 2. The van der Waals surface area contributed by atoms with Crippen molar-refractivity contribution < 1.29 is 29.0 Å². The first-order chi connectivity index (χ1) is 16.6. The molecule has 3 heterocycles. The van der Waals surface area contributed by atoms with Crippen LogP contribution in [0.5, 0.6) is 0 Å². The lowest BCUT2D eigenvalue weighted by atomic mass is 10.2. The Morgan fingerprint density at radius 3 is 2.22 bits per heavy atom. The highest BCUT2D eigenvalue weighted by molar-refractivity contribution is 7.25. The molecule has 36 heavy (non-hydrogen) atoms. The Kier molecular flexibility index (Phi) is 9.86. The number of ether oxygens (including phenoxy) is 2. The fourth-order valence-electron chi connectivity index (χ4n) is 2.96. The number of carboxylic acids is 1. The molecule has 0 aliphatic rings. The van der Waals surface area contributed by atoms with E-state index in [0.29, 0.717) is 13.0 Å². The van der Waals surface area contributed by atoms with Gasteiger partial charge in [-0.25, -0.2) is 9.59 Å². The summed E-state index contributed by atoms with van der Waals surface area (Å²) in [4.78, 5) is 37.6. The maximum Gasteiger partial charge on any atom is 0.415 e. The Balaban J connectivity index is 0.000000493. The Labute approximate surface area is 223 Å². The van der Waals surface area contributed by atoms with Gasteiger partial charge in [0.05, 0.1) is 17.7 Å². The second kappa shape index (κ2) is 12.0. The number of carbonyl (C=O) groups is 3. The van der Waals surface area contributed by atoms with Crippen LogP contribution in [0.4, 0.5) is 14.6 Å². The topological polar surface area (TPSA) is 132 Å². The summed E-state index contributed by atoms with van der Waals surface area (Å²) in [6.07, 6.45) is -0.598. The van der Waals surface area contributed by atoms with Crippen molar-refractivity contribution in [3.63, 3.8) is 0 Å². The third-order valence-electron chi connectivity index (χ3n) is 4.36. The Bertz CT molecular complexity index is 1190. The van der Waals surface area contributed by atoms with Crippen molar-refractivity contribution in [2.75, 3.05) is 4.90 Å². The molecule has 2 amide bonds. The monoisotopic (exact) mass is 555 g/mol. The van der Waals surface area contributed by atoms with E-state index in [0.717, 1.165) is 30.5 Å². The van der Waals surface area contributed by atoms with E-state index in [9.17, 15) is 14.4 Å². The number of carboxylic acid groups (broad SMARTS) is 1. The van der Waals surface area contributed by atoms with Crippen LogP contribution in [0.1, 0.15) is 63.3 Å². The first-order valence-corrected chi connectivity index (χ1v) is 13.6. The quantitative estimate of drug-likeness (QED) is 0.352. The molecule has 3 aromatic heterocycles. The number of nitrogens with two attached hydrogens (primary N) is 1. The molecule has 0 saturated heterocycles. The van der Waals surface area contributed by atoms with Crippen molar-refractivity contribution in [3.8, 4) is 0 Å². The molecule has 3 aromatic rings. The lowest BCUT2D eigenvalue weighted by Crippen LogP contribution is -2.36. The van der Waals surface area contributed by atoms with Gasteiger partial charge in [-0.1, -0.05) is 6.07 Å². The molecule has 0 spiro atoms. The summed E-state index contributed by atoms with van der Waals surface area (Å²) in [6.45, 7) is 13.2. The molecule has 0 saturated carbocycles. The standard InChI is InChI=1S/C19H22N2O4S3.C5H11NO2/c1-11-13(7-8-14(22)23)27-16-15(11)20-28-17(16)21(10-12-6-5-9-26-12)18(24)25-19(2,3)4;1-5(2,3)8-4(6)7/h5-6,9H,7-8,10H2,1-4H3,(H,22,23);1-3H3,(H2,6,7). The second-order valence-electron chi connectivity index (χ2n) is 9.89. The van der Waals surface area contributed by atoms with Gasteiger partial charge in [0, 0.05) is 9.75 Å². The second-order valence-corrected chi connectivity index (χ2v) is 12.8. The number of aliphatic carboxylic acids is 1. The van der Waals surface area contributed by atoms with Crippen molar-refractivity contribution >= 4 is 67.6 Å². The zero-order chi connectivity index (χ0) is 27.3. The summed E-state index contributed by atoms with van der Waals surface area (Å²) in [5.74, 6) is -0.823. The first-order valence-electron chi connectivity index (χ1n) is 11.2. The van der Waals surface area contributed by atoms with Gasteiger partial charge in [-0.05, 0) is 83.4 Å². The lowest BCUT2D eigenvalue weighted by molar-refractivity contribution is -0.136. The van der Waals surface area contributed by atoms with E-state index in [1.54, 1.807) is 37.0 Å². The number of aryl methyl sites for hydroxylation is 2. The van der Waals surface area contributed by atoms with Crippen LogP contribution in [0, 0.1) is 6.92 Å². The number of rotatable bonds is 6. The van der Waals surface area contributed by atoms with Gasteiger partial charge in [0.25, 0.3) is 0 Å². The van der Waals surface area contributed by atoms with Gasteiger partial charge in [0.1, 0.15) is 21.7 Å². The SMILES string of the molecule is CC(C)(C)OC(N)=O.Cc1c(CCC(=O)O)sc2c(N(Cc3cccs3)C(=O)OC(C)(C)C)snc12. The van der Waals surface area contributed by atoms with Crippen molar-refractivity contribution in [1.29, 1.82) is 0 Å². The van der Waals surface area contributed by atoms with Gasteiger partial charge in [0.15, 0.2) is 0 Å². The van der Waals surface area contributed by atoms with Crippen molar-refractivity contribution in [2.24, 2.45) is 5.73 Å². The lowest BCUT2D eigenvalue weighted by Gasteiger charge is -2.26. The number of aromatic nitrogens is 1. The number of fused-ring (bicyclic) bond motifs is 1. The van der Waals surface area contributed by atoms with Crippen LogP contribution < -0.4 is 10.6 Å². The zero-order valence-corrected chi connectivity index (χ0v) is 24.0.